The summed E-state index contributed by atoms with van der Waals surface area (Å²) in [5, 5.41) is 0. The Balaban J connectivity index is 1.60. The van der Waals surface area contributed by atoms with Gasteiger partial charge in [0.1, 0.15) is 0 Å². The molecule has 1 unspecified atom stereocenters. The molecule has 0 aromatic heterocycles. The van der Waals surface area contributed by atoms with Gasteiger partial charge in [0.15, 0.2) is 0 Å². The topological polar surface area (TPSA) is 26.0 Å². The standard InChI is InChI=1S/C16H29N/c1-10(2)3-15(17)9-16-13-5-11-4-12(7-13)8-14(16)6-11/h10-16H,3-9,17H2,1-2H3. The Kier molecular flexibility index (Phi) is 3.23. The van der Waals surface area contributed by atoms with Crippen LogP contribution >= 0.6 is 0 Å². The summed E-state index contributed by atoms with van der Waals surface area (Å²) in [6.07, 6.45) is 10.3. The zero-order chi connectivity index (χ0) is 12.0. The van der Waals surface area contributed by atoms with Crippen molar-refractivity contribution in [1.82, 2.24) is 0 Å². The maximum absolute atomic E-state index is 6.35. The maximum atomic E-state index is 6.35. The third-order valence-electron chi connectivity index (χ3n) is 5.77. The predicted molar refractivity (Wildman–Crippen MR) is 72.6 cm³/mol. The van der Waals surface area contributed by atoms with E-state index in [2.05, 4.69) is 13.8 Å². The van der Waals surface area contributed by atoms with Gasteiger partial charge >= 0.3 is 0 Å². The summed E-state index contributed by atoms with van der Waals surface area (Å²) < 4.78 is 0. The molecule has 0 aromatic rings. The van der Waals surface area contributed by atoms with E-state index in [4.69, 9.17) is 5.73 Å². The third-order valence-corrected chi connectivity index (χ3v) is 5.77. The Morgan fingerprint density at radius 2 is 1.47 bits per heavy atom. The van der Waals surface area contributed by atoms with E-state index in [0.717, 1.165) is 35.5 Å². The van der Waals surface area contributed by atoms with Crippen molar-refractivity contribution in [2.24, 2.45) is 41.2 Å². The van der Waals surface area contributed by atoms with Crippen LogP contribution in [0.4, 0.5) is 0 Å². The lowest BCUT2D eigenvalue weighted by Crippen LogP contribution is -2.46. The monoisotopic (exact) mass is 235 g/mol. The molecule has 17 heavy (non-hydrogen) atoms. The van der Waals surface area contributed by atoms with Crippen LogP contribution in [0.15, 0.2) is 0 Å². The van der Waals surface area contributed by atoms with Crippen molar-refractivity contribution in [2.45, 2.75) is 64.8 Å². The maximum Gasteiger partial charge on any atom is 0.00441 e. The Hall–Kier alpha value is -0.0400. The van der Waals surface area contributed by atoms with E-state index in [1.165, 1.54) is 12.8 Å². The fourth-order valence-electron chi connectivity index (χ4n) is 5.47. The Bertz CT molecular complexity index is 243. The molecule has 0 heterocycles. The minimum Gasteiger partial charge on any atom is -0.328 e. The van der Waals surface area contributed by atoms with Crippen LogP contribution in [0.5, 0.6) is 0 Å². The van der Waals surface area contributed by atoms with Gasteiger partial charge in [-0.3, -0.25) is 0 Å². The second kappa shape index (κ2) is 4.57. The highest BCUT2D eigenvalue weighted by Gasteiger charge is 2.48. The summed E-state index contributed by atoms with van der Waals surface area (Å²) in [7, 11) is 0. The summed E-state index contributed by atoms with van der Waals surface area (Å²) in [6, 6.07) is 0.470. The SMILES string of the molecule is CC(C)CC(N)CC1C2CC3CC(C2)CC1C3. The molecule has 4 rings (SSSR count). The quantitative estimate of drug-likeness (QED) is 0.787. The van der Waals surface area contributed by atoms with Gasteiger partial charge in [-0.2, -0.15) is 0 Å². The van der Waals surface area contributed by atoms with E-state index in [1.807, 2.05) is 0 Å². The fourth-order valence-corrected chi connectivity index (χ4v) is 5.47. The van der Waals surface area contributed by atoms with Crippen LogP contribution < -0.4 is 5.73 Å². The first kappa shape index (κ1) is 12.0. The van der Waals surface area contributed by atoms with Crippen molar-refractivity contribution >= 4 is 0 Å². The lowest BCUT2D eigenvalue weighted by molar-refractivity contribution is -0.0425. The van der Waals surface area contributed by atoms with E-state index in [-0.39, 0.29) is 0 Å². The number of rotatable bonds is 4. The van der Waals surface area contributed by atoms with Gasteiger partial charge in [0.25, 0.3) is 0 Å². The van der Waals surface area contributed by atoms with Gasteiger partial charge in [-0.05, 0) is 80.5 Å². The molecule has 4 fully saturated rings. The molecule has 1 heteroatoms. The minimum absolute atomic E-state index is 0.470. The van der Waals surface area contributed by atoms with Crippen LogP contribution in [0, 0.1) is 35.5 Å². The molecule has 0 amide bonds. The molecule has 0 spiro atoms. The molecule has 1 atom stereocenters. The Morgan fingerprint density at radius 3 is 1.94 bits per heavy atom. The van der Waals surface area contributed by atoms with Crippen molar-refractivity contribution in [3.05, 3.63) is 0 Å². The second-order valence-corrected chi connectivity index (χ2v) is 7.72. The van der Waals surface area contributed by atoms with Crippen molar-refractivity contribution in [3.8, 4) is 0 Å². The minimum atomic E-state index is 0.470. The first-order chi connectivity index (χ1) is 8.11. The normalized spacial score (nSPS) is 45.5. The van der Waals surface area contributed by atoms with E-state index in [0.29, 0.717) is 6.04 Å². The molecule has 0 aliphatic heterocycles. The first-order valence-corrected chi connectivity index (χ1v) is 7.87. The molecular weight excluding hydrogens is 206 g/mol. The summed E-state index contributed by atoms with van der Waals surface area (Å²) in [4.78, 5) is 0. The van der Waals surface area contributed by atoms with E-state index < -0.39 is 0 Å². The van der Waals surface area contributed by atoms with E-state index >= 15 is 0 Å². The van der Waals surface area contributed by atoms with Crippen molar-refractivity contribution < 1.29 is 0 Å². The molecule has 4 bridgehead atoms. The van der Waals surface area contributed by atoms with Gasteiger partial charge in [0, 0.05) is 6.04 Å². The molecule has 0 radical (unpaired) electrons. The second-order valence-electron chi connectivity index (χ2n) is 7.72. The highest BCUT2D eigenvalue weighted by Crippen LogP contribution is 2.57. The van der Waals surface area contributed by atoms with Gasteiger partial charge in [-0.25, -0.2) is 0 Å². The Morgan fingerprint density at radius 1 is 0.941 bits per heavy atom. The average molecular weight is 235 g/mol. The fraction of sp³-hybridized carbons (Fsp3) is 1.00. The molecule has 0 aromatic carbocycles. The molecule has 1 nitrogen and oxygen atoms in total. The van der Waals surface area contributed by atoms with Crippen molar-refractivity contribution in [2.75, 3.05) is 0 Å². The van der Waals surface area contributed by atoms with Crippen LogP contribution in [-0.4, -0.2) is 6.04 Å². The average Bonchev–Trinajstić information content (AvgIpc) is 2.21. The van der Waals surface area contributed by atoms with Crippen LogP contribution in [-0.2, 0) is 0 Å². The van der Waals surface area contributed by atoms with Crippen molar-refractivity contribution in [1.29, 1.82) is 0 Å². The molecule has 2 N–H and O–H groups in total. The smallest absolute Gasteiger partial charge is 0.00441 e. The summed E-state index contributed by atoms with van der Waals surface area (Å²) in [5.41, 5.74) is 6.35. The first-order valence-electron chi connectivity index (χ1n) is 7.87. The lowest BCUT2D eigenvalue weighted by atomic mass is 9.51. The molecule has 98 valence electrons. The van der Waals surface area contributed by atoms with Gasteiger partial charge in [0.05, 0.1) is 0 Å². The van der Waals surface area contributed by atoms with Crippen LogP contribution in [0.1, 0.15) is 58.8 Å². The zero-order valence-electron chi connectivity index (χ0n) is 11.6. The van der Waals surface area contributed by atoms with Crippen LogP contribution in [0.2, 0.25) is 0 Å². The summed E-state index contributed by atoms with van der Waals surface area (Å²) in [6.45, 7) is 4.60. The molecule has 4 aliphatic rings. The number of hydrogen-bond donors (Lipinski definition) is 1. The summed E-state index contributed by atoms with van der Waals surface area (Å²) in [5.74, 6) is 6.09. The molecule has 0 saturated heterocycles. The van der Waals surface area contributed by atoms with Gasteiger partial charge in [-0.1, -0.05) is 13.8 Å². The lowest BCUT2D eigenvalue weighted by Gasteiger charge is -2.55. The van der Waals surface area contributed by atoms with Crippen LogP contribution in [0.25, 0.3) is 0 Å². The largest absolute Gasteiger partial charge is 0.328 e. The number of nitrogens with two attached hydrogens (primary N) is 1. The molecular formula is C16H29N. The molecule has 4 aliphatic carbocycles. The third kappa shape index (κ3) is 2.41. The zero-order valence-corrected chi connectivity index (χ0v) is 11.6. The van der Waals surface area contributed by atoms with Crippen molar-refractivity contribution in [3.63, 3.8) is 0 Å². The Labute approximate surface area is 107 Å². The van der Waals surface area contributed by atoms with E-state index in [1.54, 1.807) is 32.1 Å². The van der Waals surface area contributed by atoms with E-state index in [9.17, 15) is 0 Å². The highest BCUT2D eigenvalue weighted by atomic mass is 14.6. The van der Waals surface area contributed by atoms with Crippen LogP contribution in [0.3, 0.4) is 0 Å². The van der Waals surface area contributed by atoms with Gasteiger partial charge in [0.2, 0.25) is 0 Å². The highest BCUT2D eigenvalue weighted by molar-refractivity contribution is 4.98. The molecule has 4 saturated carbocycles. The van der Waals surface area contributed by atoms with Gasteiger partial charge < -0.3 is 5.73 Å². The van der Waals surface area contributed by atoms with Gasteiger partial charge in [-0.15, -0.1) is 0 Å². The summed E-state index contributed by atoms with van der Waals surface area (Å²) >= 11 is 0. The predicted octanol–water partition coefficient (Wildman–Crippen LogP) is 3.82. The number of hydrogen-bond acceptors (Lipinski definition) is 1.